The summed E-state index contributed by atoms with van der Waals surface area (Å²) < 4.78 is 32.5. The number of halogens is 3. The summed E-state index contributed by atoms with van der Waals surface area (Å²) >= 11 is 13.0. The zero-order valence-corrected chi connectivity index (χ0v) is 23.7. The fourth-order valence-corrected chi connectivity index (χ4v) is 6.42. The highest BCUT2D eigenvalue weighted by atomic mass is 35.5. The maximum absolute atomic E-state index is 14.9. The van der Waals surface area contributed by atoms with Crippen LogP contribution in [0, 0.1) is 11.7 Å². The van der Waals surface area contributed by atoms with Crippen molar-refractivity contribution in [2.75, 3.05) is 11.4 Å². The summed E-state index contributed by atoms with van der Waals surface area (Å²) in [6, 6.07) is 10.4. The highest BCUT2D eigenvalue weighted by Gasteiger charge is 2.46. The van der Waals surface area contributed by atoms with Crippen molar-refractivity contribution in [3.63, 3.8) is 0 Å². The van der Waals surface area contributed by atoms with Gasteiger partial charge in [0.15, 0.2) is 0 Å². The van der Waals surface area contributed by atoms with Crippen molar-refractivity contribution in [3.8, 4) is 11.3 Å². The predicted molar refractivity (Wildman–Crippen MR) is 148 cm³/mol. The molecule has 2 heterocycles. The number of rotatable bonds is 7. The number of benzene rings is 2. The Kier molecular flexibility index (Phi) is 6.89. The molecule has 2 saturated carbocycles. The van der Waals surface area contributed by atoms with Gasteiger partial charge in [-0.3, -0.25) is 0 Å². The molecule has 1 aromatic heterocycles. The zero-order valence-electron chi connectivity index (χ0n) is 22.2. The van der Waals surface area contributed by atoms with Crippen molar-refractivity contribution in [2.45, 2.75) is 76.7 Å². The SMILES string of the molecule is CC(C)(C)OC(=O)c1ccc(N2C[C@@H]3C[C@H]2CC3OCc2c(-c3c(Cl)cccc3Cl)noc2C2CC2)cc1F. The first-order chi connectivity index (χ1) is 18.6. The van der Waals surface area contributed by atoms with Gasteiger partial charge in [0.1, 0.15) is 22.9 Å². The lowest BCUT2D eigenvalue weighted by Crippen LogP contribution is -2.38. The molecule has 3 atom stereocenters. The Bertz CT molecular complexity index is 1390. The van der Waals surface area contributed by atoms with E-state index in [1.165, 1.54) is 12.1 Å². The zero-order chi connectivity index (χ0) is 27.5. The van der Waals surface area contributed by atoms with Gasteiger partial charge in [0.25, 0.3) is 0 Å². The first kappa shape index (κ1) is 26.6. The lowest BCUT2D eigenvalue weighted by atomic mass is 10.0. The fourth-order valence-electron chi connectivity index (χ4n) is 5.85. The van der Waals surface area contributed by atoms with Gasteiger partial charge < -0.3 is 18.9 Å². The van der Waals surface area contributed by atoms with Crippen LogP contribution >= 0.6 is 23.2 Å². The Morgan fingerprint density at radius 2 is 1.90 bits per heavy atom. The van der Waals surface area contributed by atoms with Crippen molar-refractivity contribution in [3.05, 3.63) is 69.1 Å². The third-order valence-electron chi connectivity index (χ3n) is 7.79. The van der Waals surface area contributed by atoms with Gasteiger partial charge >= 0.3 is 5.97 Å². The van der Waals surface area contributed by atoms with Gasteiger partial charge in [-0.15, -0.1) is 0 Å². The van der Waals surface area contributed by atoms with Crippen molar-refractivity contribution < 1.29 is 23.2 Å². The number of nitrogens with zero attached hydrogens (tertiary/aromatic N) is 2. The van der Waals surface area contributed by atoms with E-state index in [1.54, 1.807) is 39.0 Å². The monoisotopic (exact) mass is 572 g/mol. The quantitative estimate of drug-likeness (QED) is 0.269. The molecule has 0 spiro atoms. The van der Waals surface area contributed by atoms with Crippen LogP contribution in [0.3, 0.4) is 0 Å². The highest BCUT2D eigenvalue weighted by molar-refractivity contribution is 6.39. The van der Waals surface area contributed by atoms with Crippen LogP contribution in [0.1, 0.15) is 74.1 Å². The first-order valence-electron chi connectivity index (χ1n) is 13.4. The van der Waals surface area contributed by atoms with Crippen LogP contribution in [-0.2, 0) is 16.1 Å². The number of fused-ring (bicyclic) bond motifs is 2. The first-order valence-corrected chi connectivity index (χ1v) is 14.2. The minimum absolute atomic E-state index is 0.0474. The lowest BCUT2D eigenvalue weighted by molar-refractivity contribution is 0.00647. The minimum Gasteiger partial charge on any atom is -0.456 e. The predicted octanol–water partition coefficient (Wildman–Crippen LogP) is 7.80. The second-order valence-electron chi connectivity index (χ2n) is 11.8. The molecule has 1 saturated heterocycles. The molecule has 1 aliphatic heterocycles. The van der Waals surface area contributed by atoms with Crippen LogP contribution in [0.5, 0.6) is 0 Å². The highest BCUT2D eigenvalue weighted by Crippen LogP contribution is 2.47. The van der Waals surface area contributed by atoms with E-state index in [0.29, 0.717) is 39.7 Å². The molecule has 39 heavy (non-hydrogen) atoms. The van der Waals surface area contributed by atoms with Crippen molar-refractivity contribution in [2.24, 2.45) is 5.92 Å². The topological polar surface area (TPSA) is 64.8 Å². The number of carbonyl (C=O) groups is 1. The summed E-state index contributed by atoms with van der Waals surface area (Å²) in [4.78, 5) is 14.6. The average Bonchev–Trinajstić information content (AvgIpc) is 3.32. The molecule has 2 aliphatic carbocycles. The van der Waals surface area contributed by atoms with Crippen molar-refractivity contribution in [1.29, 1.82) is 0 Å². The molecule has 6 nitrogen and oxygen atoms in total. The second kappa shape index (κ2) is 10.1. The Morgan fingerprint density at radius 1 is 1.15 bits per heavy atom. The van der Waals surface area contributed by atoms with Crippen molar-refractivity contribution in [1.82, 2.24) is 5.16 Å². The number of aromatic nitrogens is 1. The normalized spacial score (nSPS) is 22.5. The Balaban J connectivity index is 1.14. The van der Waals surface area contributed by atoms with E-state index in [1.807, 2.05) is 6.07 Å². The Labute approximate surface area is 237 Å². The van der Waals surface area contributed by atoms with E-state index in [9.17, 15) is 9.18 Å². The van der Waals surface area contributed by atoms with E-state index in [0.717, 1.165) is 49.2 Å². The molecular formula is C30H31Cl2FN2O4. The molecule has 6 rings (SSSR count). The van der Waals surface area contributed by atoms with E-state index in [4.69, 9.17) is 37.2 Å². The summed E-state index contributed by atoms with van der Waals surface area (Å²) in [6.45, 7) is 6.43. The van der Waals surface area contributed by atoms with E-state index >= 15 is 0 Å². The van der Waals surface area contributed by atoms with E-state index in [-0.39, 0.29) is 17.7 Å². The maximum atomic E-state index is 14.9. The number of anilines is 1. The van der Waals surface area contributed by atoms with Gasteiger partial charge in [-0.25, -0.2) is 9.18 Å². The lowest BCUT2D eigenvalue weighted by Gasteiger charge is -2.33. The molecule has 3 aromatic rings. The Morgan fingerprint density at radius 3 is 2.51 bits per heavy atom. The van der Waals surface area contributed by atoms with Gasteiger partial charge in [0.05, 0.1) is 28.3 Å². The molecule has 2 aromatic carbocycles. The number of ether oxygens (including phenoxy) is 2. The molecule has 3 aliphatic rings. The number of hydrogen-bond donors (Lipinski definition) is 0. The van der Waals surface area contributed by atoms with Crippen LogP contribution in [-0.4, -0.2) is 35.4 Å². The van der Waals surface area contributed by atoms with Gasteiger partial charge in [-0.1, -0.05) is 34.4 Å². The van der Waals surface area contributed by atoms with Crippen LogP contribution in [0.4, 0.5) is 10.1 Å². The second-order valence-corrected chi connectivity index (χ2v) is 12.6. The fraction of sp³-hybridized carbons (Fsp3) is 0.467. The van der Waals surface area contributed by atoms with Crippen LogP contribution < -0.4 is 4.90 Å². The van der Waals surface area contributed by atoms with Gasteiger partial charge in [-0.05, 0) is 76.8 Å². The molecule has 2 bridgehead atoms. The maximum Gasteiger partial charge on any atom is 0.341 e. The van der Waals surface area contributed by atoms with Crippen LogP contribution in [0.25, 0.3) is 11.3 Å². The molecule has 3 fully saturated rings. The molecule has 0 N–H and O–H groups in total. The molecule has 0 radical (unpaired) electrons. The molecule has 0 amide bonds. The van der Waals surface area contributed by atoms with Crippen molar-refractivity contribution >= 4 is 34.9 Å². The third-order valence-corrected chi connectivity index (χ3v) is 8.42. The Hall–Kier alpha value is -2.61. The largest absolute Gasteiger partial charge is 0.456 e. The smallest absolute Gasteiger partial charge is 0.341 e. The number of carbonyl (C=O) groups excluding carboxylic acids is 1. The molecule has 206 valence electrons. The number of hydrogen-bond acceptors (Lipinski definition) is 6. The summed E-state index contributed by atoms with van der Waals surface area (Å²) in [6.07, 6.45) is 4.04. The number of piperidine rings is 1. The average molecular weight is 573 g/mol. The molecule has 9 heteroatoms. The summed E-state index contributed by atoms with van der Waals surface area (Å²) in [5.41, 5.74) is 2.29. The number of esters is 1. The van der Waals surface area contributed by atoms with Gasteiger partial charge in [-0.2, -0.15) is 0 Å². The summed E-state index contributed by atoms with van der Waals surface area (Å²) in [5, 5.41) is 5.42. The van der Waals surface area contributed by atoms with E-state index in [2.05, 4.69) is 10.1 Å². The van der Waals surface area contributed by atoms with Crippen LogP contribution in [0.2, 0.25) is 10.0 Å². The van der Waals surface area contributed by atoms with Gasteiger partial charge in [0, 0.05) is 41.2 Å². The summed E-state index contributed by atoms with van der Waals surface area (Å²) in [5.74, 6) is 0.328. The minimum atomic E-state index is -0.683. The standard InChI is InChI=1S/C30H31Cl2FN2O4/c1-30(2,3)38-29(36)20-10-9-18(12-24(20)33)35-14-17-11-19(35)13-25(17)37-15-21-27(34-39-28(21)16-7-8-16)26-22(31)5-4-6-23(26)32/h4-6,9-10,12,16-17,19,25H,7-8,11,13-15H2,1-3H3/t17-,19-,25?/m0/s1. The molecule has 1 unspecified atom stereocenters. The van der Waals surface area contributed by atoms with Crippen LogP contribution in [0.15, 0.2) is 40.9 Å². The molecular weight excluding hydrogens is 542 g/mol. The van der Waals surface area contributed by atoms with Gasteiger partial charge in [0.2, 0.25) is 0 Å². The summed E-state index contributed by atoms with van der Waals surface area (Å²) in [7, 11) is 0. The third kappa shape index (κ3) is 5.29. The van der Waals surface area contributed by atoms with E-state index < -0.39 is 17.4 Å².